The lowest BCUT2D eigenvalue weighted by Crippen LogP contribution is -2.45. The third-order valence-corrected chi connectivity index (χ3v) is 2.99. The summed E-state index contributed by atoms with van der Waals surface area (Å²) < 4.78 is 5.32. The van der Waals surface area contributed by atoms with Crippen molar-refractivity contribution in [2.75, 3.05) is 6.61 Å². The Bertz CT molecular complexity index is 196. The number of carboxylic acids is 1. The second-order valence-electron chi connectivity index (χ2n) is 3.83. The molecule has 0 aromatic carbocycles. The van der Waals surface area contributed by atoms with Crippen molar-refractivity contribution < 1.29 is 14.6 Å². The van der Waals surface area contributed by atoms with Gasteiger partial charge in [-0.3, -0.25) is 0 Å². The van der Waals surface area contributed by atoms with E-state index in [2.05, 4.69) is 0 Å². The SMILES string of the molecule is CCOC(C)(C(=O)O)C1(C)CC1. The number of hydrogen-bond acceptors (Lipinski definition) is 2. The smallest absolute Gasteiger partial charge is 0.336 e. The van der Waals surface area contributed by atoms with E-state index in [-0.39, 0.29) is 5.41 Å². The fraction of sp³-hybridized carbons (Fsp3) is 0.889. The van der Waals surface area contributed by atoms with Crippen molar-refractivity contribution >= 4 is 5.97 Å². The number of rotatable bonds is 4. The van der Waals surface area contributed by atoms with E-state index in [1.807, 2.05) is 13.8 Å². The Hall–Kier alpha value is -0.570. The molecule has 1 atom stereocenters. The first-order valence-electron chi connectivity index (χ1n) is 4.33. The molecule has 0 spiro atoms. The van der Waals surface area contributed by atoms with Crippen molar-refractivity contribution in [2.45, 2.75) is 39.2 Å². The van der Waals surface area contributed by atoms with Gasteiger partial charge in [0.15, 0.2) is 5.60 Å². The molecule has 0 heterocycles. The van der Waals surface area contributed by atoms with Crippen LogP contribution in [0, 0.1) is 5.41 Å². The third-order valence-electron chi connectivity index (χ3n) is 2.99. The van der Waals surface area contributed by atoms with Gasteiger partial charge in [-0.2, -0.15) is 0 Å². The average Bonchev–Trinajstić information content (AvgIpc) is 2.69. The summed E-state index contributed by atoms with van der Waals surface area (Å²) in [6.45, 7) is 5.92. The maximum absolute atomic E-state index is 11.0. The minimum atomic E-state index is -0.984. The monoisotopic (exact) mass is 172 g/mol. The molecule has 1 N–H and O–H groups in total. The topological polar surface area (TPSA) is 46.5 Å². The molecule has 1 unspecified atom stereocenters. The van der Waals surface area contributed by atoms with Crippen LogP contribution < -0.4 is 0 Å². The summed E-state index contributed by atoms with van der Waals surface area (Å²) in [5.74, 6) is -0.843. The van der Waals surface area contributed by atoms with Crippen LogP contribution >= 0.6 is 0 Å². The summed E-state index contributed by atoms with van der Waals surface area (Å²) in [7, 11) is 0. The normalized spacial score (nSPS) is 24.6. The standard InChI is InChI=1S/C9H16O3/c1-4-12-9(3,7(10)11)8(2)5-6-8/h4-6H2,1-3H3,(H,10,11). The minimum absolute atomic E-state index is 0.144. The lowest BCUT2D eigenvalue weighted by Gasteiger charge is -2.31. The number of hydrogen-bond donors (Lipinski definition) is 1. The molecule has 0 saturated heterocycles. The van der Waals surface area contributed by atoms with Crippen LogP contribution in [-0.2, 0) is 9.53 Å². The Labute approximate surface area is 72.7 Å². The van der Waals surface area contributed by atoms with Crippen molar-refractivity contribution in [3.05, 3.63) is 0 Å². The molecule has 1 aliphatic rings. The van der Waals surface area contributed by atoms with Crippen LogP contribution in [-0.4, -0.2) is 23.3 Å². The van der Waals surface area contributed by atoms with Crippen LogP contribution in [0.2, 0.25) is 0 Å². The lowest BCUT2D eigenvalue weighted by atomic mass is 9.87. The van der Waals surface area contributed by atoms with E-state index >= 15 is 0 Å². The Morgan fingerprint density at radius 3 is 2.42 bits per heavy atom. The number of ether oxygens (including phenoxy) is 1. The molecule has 0 amide bonds. The van der Waals surface area contributed by atoms with E-state index in [0.717, 1.165) is 12.8 Å². The van der Waals surface area contributed by atoms with Crippen molar-refractivity contribution in [3.8, 4) is 0 Å². The zero-order valence-corrected chi connectivity index (χ0v) is 7.89. The molecule has 1 rings (SSSR count). The predicted octanol–water partition coefficient (Wildman–Crippen LogP) is 1.67. The summed E-state index contributed by atoms with van der Waals surface area (Å²) in [5, 5.41) is 9.01. The van der Waals surface area contributed by atoms with Crippen LogP contribution in [0.5, 0.6) is 0 Å². The lowest BCUT2D eigenvalue weighted by molar-refractivity contribution is -0.172. The number of aliphatic carboxylic acids is 1. The Morgan fingerprint density at radius 1 is 1.67 bits per heavy atom. The largest absolute Gasteiger partial charge is 0.479 e. The van der Waals surface area contributed by atoms with E-state index in [1.165, 1.54) is 0 Å². The van der Waals surface area contributed by atoms with Gasteiger partial charge in [-0.05, 0) is 26.7 Å². The van der Waals surface area contributed by atoms with Gasteiger partial charge in [-0.15, -0.1) is 0 Å². The highest BCUT2D eigenvalue weighted by molar-refractivity contribution is 5.78. The molecule has 3 heteroatoms. The average molecular weight is 172 g/mol. The highest BCUT2D eigenvalue weighted by atomic mass is 16.5. The molecule has 0 bridgehead atoms. The first-order valence-corrected chi connectivity index (χ1v) is 4.33. The van der Waals surface area contributed by atoms with Crippen LogP contribution in [0.15, 0.2) is 0 Å². The van der Waals surface area contributed by atoms with Gasteiger partial charge in [0.25, 0.3) is 0 Å². The van der Waals surface area contributed by atoms with Gasteiger partial charge in [0, 0.05) is 12.0 Å². The molecule has 0 radical (unpaired) electrons. The summed E-state index contributed by atoms with van der Waals surface area (Å²) >= 11 is 0. The second-order valence-corrected chi connectivity index (χ2v) is 3.83. The fourth-order valence-electron chi connectivity index (χ4n) is 1.45. The van der Waals surface area contributed by atoms with Crippen LogP contribution in [0.4, 0.5) is 0 Å². The molecule has 1 fully saturated rings. The van der Waals surface area contributed by atoms with Crippen molar-refractivity contribution in [1.29, 1.82) is 0 Å². The van der Waals surface area contributed by atoms with E-state index in [9.17, 15) is 4.79 Å². The van der Waals surface area contributed by atoms with Crippen molar-refractivity contribution in [3.63, 3.8) is 0 Å². The molecule has 0 aromatic rings. The molecule has 1 saturated carbocycles. The molecule has 70 valence electrons. The summed E-state index contributed by atoms with van der Waals surface area (Å²) in [6.07, 6.45) is 1.91. The molecule has 12 heavy (non-hydrogen) atoms. The summed E-state index contributed by atoms with van der Waals surface area (Å²) in [5.41, 5.74) is -1.13. The van der Waals surface area contributed by atoms with Crippen LogP contribution in [0.1, 0.15) is 33.6 Å². The Balaban J connectivity index is 2.79. The predicted molar refractivity (Wildman–Crippen MR) is 45.0 cm³/mol. The van der Waals surface area contributed by atoms with Gasteiger partial charge in [0.2, 0.25) is 0 Å². The second kappa shape index (κ2) is 2.73. The highest BCUT2D eigenvalue weighted by Crippen LogP contribution is 2.55. The number of carbonyl (C=O) groups is 1. The van der Waals surface area contributed by atoms with Gasteiger partial charge in [0.05, 0.1) is 0 Å². The van der Waals surface area contributed by atoms with E-state index < -0.39 is 11.6 Å². The zero-order valence-electron chi connectivity index (χ0n) is 7.89. The van der Waals surface area contributed by atoms with Gasteiger partial charge < -0.3 is 9.84 Å². The minimum Gasteiger partial charge on any atom is -0.479 e. The van der Waals surface area contributed by atoms with Gasteiger partial charge in [0.1, 0.15) is 0 Å². The van der Waals surface area contributed by atoms with E-state index in [1.54, 1.807) is 6.92 Å². The molecule has 3 nitrogen and oxygen atoms in total. The van der Waals surface area contributed by atoms with Gasteiger partial charge in [-0.1, -0.05) is 6.92 Å². The maximum atomic E-state index is 11.0. The van der Waals surface area contributed by atoms with Crippen LogP contribution in [0.25, 0.3) is 0 Å². The summed E-state index contributed by atoms with van der Waals surface area (Å²) in [6, 6.07) is 0. The third kappa shape index (κ3) is 1.22. The van der Waals surface area contributed by atoms with Gasteiger partial charge in [-0.25, -0.2) is 4.79 Å². The fourth-order valence-corrected chi connectivity index (χ4v) is 1.45. The first kappa shape index (κ1) is 9.52. The molecule has 0 aromatic heterocycles. The first-order chi connectivity index (χ1) is 5.46. The van der Waals surface area contributed by atoms with Crippen LogP contribution in [0.3, 0.4) is 0 Å². The van der Waals surface area contributed by atoms with Gasteiger partial charge >= 0.3 is 5.97 Å². The summed E-state index contributed by atoms with van der Waals surface area (Å²) in [4.78, 5) is 11.0. The Morgan fingerprint density at radius 2 is 2.17 bits per heavy atom. The number of carboxylic acid groups (broad SMARTS) is 1. The highest BCUT2D eigenvalue weighted by Gasteiger charge is 2.58. The van der Waals surface area contributed by atoms with Crippen molar-refractivity contribution in [1.82, 2.24) is 0 Å². The Kier molecular flexibility index (Phi) is 2.17. The molecular weight excluding hydrogens is 156 g/mol. The molecule has 0 aliphatic heterocycles. The molecule has 1 aliphatic carbocycles. The van der Waals surface area contributed by atoms with E-state index in [0.29, 0.717) is 6.61 Å². The molecular formula is C9H16O3. The van der Waals surface area contributed by atoms with Crippen molar-refractivity contribution in [2.24, 2.45) is 5.41 Å². The zero-order chi connectivity index (χ0) is 9.41. The van der Waals surface area contributed by atoms with E-state index in [4.69, 9.17) is 9.84 Å². The quantitative estimate of drug-likeness (QED) is 0.701. The maximum Gasteiger partial charge on any atom is 0.336 e.